The molecule has 0 aliphatic carbocycles. The van der Waals surface area contributed by atoms with E-state index in [0.717, 1.165) is 12.8 Å². The molecule has 0 bridgehead atoms. The summed E-state index contributed by atoms with van der Waals surface area (Å²) in [7, 11) is -2.21. The third-order valence-corrected chi connectivity index (χ3v) is 14.9. The maximum Gasteiger partial charge on any atom is 0.214 e. The Balaban J connectivity index is 1.61. The summed E-state index contributed by atoms with van der Waals surface area (Å²) in [6.07, 6.45) is 4.55. The third-order valence-electron chi connectivity index (χ3n) is 10.6. The largest absolute Gasteiger partial charge is 0.214 e. The summed E-state index contributed by atoms with van der Waals surface area (Å²) >= 11 is 0. The second-order valence-electron chi connectivity index (χ2n) is 12.4. The van der Waals surface area contributed by atoms with Gasteiger partial charge < -0.3 is 0 Å². The molecule has 1 aliphatic heterocycles. The number of benzene rings is 5. The van der Waals surface area contributed by atoms with Crippen molar-refractivity contribution in [3.05, 3.63) is 151 Å². The van der Waals surface area contributed by atoms with Crippen LogP contribution in [0.5, 0.6) is 0 Å². The molecule has 5 aromatic carbocycles. The van der Waals surface area contributed by atoms with Crippen LogP contribution in [-0.2, 0) is 11.0 Å². The number of nitrogens with zero attached hydrogens (tertiary/aromatic N) is 1. The number of hydrogen-bond donors (Lipinski definition) is 0. The summed E-state index contributed by atoms with van der Waals surface area (Å²) in [4.78, 5) is 0. The van der Waals surface area contributed by atoms with Gasteiger partial charge in [-0.05, 0) is 78.9 Å². The van der Waals surface area contributed by atoms with E-state index in [1.807, 2.05) is 0 Å². The van der Waals surface area contributed by atoms with Gasteiger partial charge in [-0.3, -0.25) is 0 Å². The van der Waals surface area contributed by atoms with E-state index in [1.165, 1.54) is 48.8 Å². The van der Waals surface area contributed by atoms with Crippen LogP contribution in [0.4, 0.5) is 0 Å². The number of hydrogen-bond acceptors (Lipinski definition) is 0. The van der Waals surface area contributed by atoms with Gasteiger partial charge in [0.15, 0.2) is 11.7 Å². The predicted octanol–water partition coefficient (Wildman–Crippen LogP) is 8.22. The highest BCUT2D eigenvalue weighted by atomic mass is 31.2. The van der Waals surface area contributed by atoms with Crippen molar-refractivity contribution in [3.63, 3.8) is 0 Å². The highest BCUT2D eigenvalue weighted by Gasteiger charge is 2.57. The fraction of sp³-hybridized carbons (Fsp3) is 0.195. The van der Waals surface area contributed by atoms with Crippen LogP contribution in [0.15, 0.2) is 146 Å². The highest BCUT2D eigenvalue weighted by Crippen LogP contribution is 2.56. The molecule has 0 radical (unpaired) electrons. The standard InChI is InChI=1S/C41H40NP/c1-5-40(3)38-27-26-36(29-37(38)39-28-31-18-16-17-19-32(31)30-42(39)41(40,4)6-2)43(33-20-10-7-11-21-33,34-22-12-8-13-23-34)35-24-14-9-15-25-35/h7-30H,5-6H2,1-4H3/q+2. The molecular weight excluding hydrogens is 537 g/mol. The zero-order valence-electron chi connectivity index (χ0n) is 25.7. The lowest BCUT2D eigenvalue weighted by molar-refractivity contribution is -0.764. The number of aromatic nitrogens is 1. The fourth-order valence-electron chi connectivity index (χ4n) is 7.77. The Morgan fingerprint density at radius 3 is 1.56 bits per heavy atom. The molecule has 0 saturated heterocycles. The van der Waals surface area contributed by atoms with Crippen molar-refractivity contribution in [2.45, 2.75) is 51.5 Å². The van der Waals surface area contributed by atoms with Gasteiger partial charge in [-0.25, -0.2) is 0 Å². The minimum Gasteiger partial charge on any atom is -0.192 e. The molecule has 1 aromatic heterocycles. The summed E-state index contributed by atoms with van der Waals surface area (Å²) in [5.41, 5.74) is 4.07. The summed E-state index contributed by atoms with van der Waals surface area (Å²) in [6, 6.07) is 52.5. The minimum absolute atomic E-state index is 0.0247. The molecule has 2 unspecified atom stereocenters. The molecule has 2 heterocycles. The fourth-order valence-corrected chi connectivity index (χ4v) is 12.0. The van der Waals surface area contributed by atoms with E-state index in [0.29, 0.717) is 0 Å². The van der Waals surface area contributed by atoms with Crippen molar-refractivity contribution in [3.8, 4) is 11.3 Å². The van der Waals surface area contributed by atoms with Gasteiger partial charge in [0.1, 0.15) is 28.5 Å². The van der Waals surface area contributed by atoms with E-state index in [1.54, 1.807) is 0 Å². The second kappa shape index (κ2) is 10.6. The Morgan fingerprint density at radius 1 is 0.535 bits per heavy atom. The minimum atomic E-state index is -2.21. The van der Waals surface area contributed by atoms with Gasteiger partial charge in [0.05, 0.1) is 11.0 Å². The topological polar surface area (TPSA) is 3.88 Å². The molecule has 1 aliphatic rings. The van der Waals surface area contributed by atoms with Crippen molar-refractivity contribution in [2.75, 3.05) is 0 Å². The quantitative estimate of drug-likeness (QED) is 0.139. The van der Waals surface area contributed by atoms with Crippen LogP contribution in [0, 0.1) is 0 Å². The zero-order valence-corrected chi connectivity index (χ0v) is 26.6. The Kier molecular flexibility index (Phi) is 6.83. The van der Waals surface area contributed by atoms with Crippen molar-refractivity contribution >= 4 is 39.3 Å². The van der Waals surface area contributed by atoms with Gasteiger partial charge in [0.25, 0.3) is 0 Å². The first-order valence-electron chi connectivity index (χ1n) is 15.6. The molecule has 6 aromatic rings. The first-order valence-corrected chi connectivity index (χ1v) is 17.4. The monoisotopic (exact) mass is 577 g/mol. The van der Waals surface area contributed by atoms with Crippen LogP contribution in [0.25, 0.3) is 22.0 Å². The lowest BCUT2D eigenvalue weighted by Gasteiger charge is -2.46. The van der Waals surface area contributed by atoms with Gasteiger partial charge in [-0.2, -0.15) is 4.57 Å². The molecule has 0 N–H and O–H groups in total. The normalized spacial score (nSPS) is 19.5. The second-order valence-corrected chi connectivity index (χ2v) is 15.8. The number of pyridine rings is 1. The Labute approximate surface area is 257 Å². The molecule has 1 nitrogen and oxygen atoms in total. The van der Waals surface area contributed by atoms with Crippen LogP contribution in [0.2, 0.25) is 0 Å². The van der Waals surface area contributed by atoms with Crippen LogP contribution in [-0.4, -0.2) is 0 Å². The Hall–Kier alpha value is -4.06. The smallest absolute Gasteiger partial charge is 0.192 e. The zero-order chi connectivity index (χ0) is 29.7. The van der Waals surface area contributed by atoms with E-state index >= 15 is 0 Å². The summed E-state index contributed by atoms with van der Waals surface area (Å²) in [5, 5.41) is 8.12. The maximum absolute atomic E-state index is 2.62. The van der Waals surface area contributed by atoms with Crippen LogP contribution >= 0.6 is 7.26 Å². The first-order chi connectivity index (χ1) is 21.0. The molecule has 212 valence electrons. The molecule has 0 fully saturated rings. The summed E-state index contributed by atoms with van der Waals surface area (Å²) in [6.45, 7) is 9.69. The molecule has 0 saturated carbocycles. The van der Waals surface area contributed by atoms with Gasteiger partial charge in [-0.15, -0.1) is 0 Å². The van der Waals surface area contributed by atoms with Gasteiger partial charge in [-0.1, -0.05) is 92.7 Å². The molecule has 7 rings (SSSR count). The Bertz CT molecular complexity index is 1820. The van der Waals surface area contributed by atoms with Gasteiger partial charge >= 0.3 is 0 Å². The summed E-state index contributed by atoms with van der Waals surface area (Å²) < 4.78 is 2.62. The number of rotatable bonds is 6. The van der Waals surface area contributed by atoms with Gasteiger partial charge in [0, 0.05) is 24.8 Å². The molecule has 0 amide bonds. The average molecular weight is 578 g/mol. The van der Waals surface area contributed by atoms with E-state index in [4.69, 9.17) is 0 Å². The lowest BCUT2D eigenvalue weighted by atomic mass is 9.60. The average Bonchev–Trinajstić information content (AvgIpc) is 3.08. The molecule has 2 heteroatoms. The van der Waals surface area contributed by atoms with Gasteiger partial charge in [0.2, 0.25) is 5.69 Å². The van der Waals surface area contributed by atoms with Crippen molar-refractivity contribution in [2.24, 2.45) is 0 Å². The highest BCUT2D eigenvalue weighted by molar-refractivity contribution is 8.01. The van der Waals surface area contributed by atoms with E-state index in [-0.39, 0.29) is 11.0 Å². The Morgan fingerprint density at radius 2 is 1.05 bits per heavy atom. The SMILES string of the molecule is CCC1(C)c2ccc([P+](c3ccccc3)(c3ccccc3)c3ccccc3)cc2-c2cc3ccccc3c[n+]2C1(C)CC. The van der Waals surface area contributed by atoms with Crippen LogP contribution in [0.3, 0.4) is 0 Å². The molecule has 43 heavy (non-hydrogen) atoms. The van der Waals surface area contributed by atoms with E-state index in [9.17, 15) is 0 Å². The molecule has 0 spiro atoms. The van der Waals surface area contributed by atoms with Crippen LogP contribution < -0.4 is 25.8 Å². The molecule has 2 atom stereocenters. The third kappa shape index (κ3) is 3.98. The van der Waals surface area contributed by atoms with Crippen molar-refractivity contribution < 1.29 is 4.57 Å². The van der Waals surface area contributed by atoms with Crippen molar-refractivity contribution in [1.82, 2.24) is 0 Å². The van der Waals surface area contributed by atoms with E-state index in [2.05, 4.69) is 178 Å². The maximum atomic E-state index is 2.62. The van der Waals surface area contributed by atoms with Crippen molar-refractivity contribution in [1.29, 1.82) is 0 Å². The lowest BCUT2D eigenvalue weighted by Crippen LogP contribution is -2.67. The summed E-state index contributed by atoms with van der Waals surface area (Å²) in [5.74, 6) is 0. The number of fused-ring (bicyclic) bond motifs is 4. The van der Waals surface area contributed by atoms with Crippen LogP contribution in [0.1, 0.15) is 46.1 Å². The molecular formula is C41H40NP+2. The predicted molar refractivity (Wildman–Crippen MR) is 186 cm³/mol. The first kappa shape index (κ1) is 27.8. The van der Waals surface area contributed by atoms with E-state index < -0.39 is 7.26 Å².